The Bertz CT molecular complexity index is 419. The van der Waals surface area contributed by atoms with Gasteiger partial charge in [0.05, 0.1) is 0 Å². The van der Waals surface area contributed by atoms with Crippen molar-refractivity contribution in [3.63, 3.8) is 0 Å². The molecule has 0 spiro atoms. The summed E-state index contributed by atoms with van der Waals surface area (Å²) in [6, 6.07) is 7.58. The Hall–Kier alpha value is -0.626. The van der Waals surface area contributed by atoms with E-state index in [0.717, 1.165) is 18.9 Å². The Kier molecular flexibility index (Phi) is 3.68. The van der Waals surface area contributed by atoms with Gasteiger partial charge in [-0.2, -0.15) is 0 Å². The topological polar surface area (TPSA) is 32.7 Å². The van der Waals surface area contributed by atoms with Gasteiger partial charge in [-0.1, -0.05) is 12.1 Å². The first-order valence-electron chi connectivity index (χ1n) is 6.46. The monoisotopic (exact) mass is 281 g/mol. The van der Waals surface area contributed by atoms with Crippen molar-refractivity contribution in [2.45, 2.75) is 32.7 Å². The molecule has 1 aliphatic heterocycles. The van der Waals surface area contributed by atoms with E-state index in [-0.39, 0.29) is 0 Å². The number of hydrogen-bond acceptors (Lipinski definition) is 3. The zero-order chi connectivity index (χ0) is 13.4. The molecule has 1 N–H and O–H groups in total. The molecule has 0 aromatic heterocycles. The molecule has 0 radical (unpaired) electrons. The third-order valence-corrected chi connectivity index (χ3v) is 9.92. The molecule has 0 saturated carbocycles. The number of rotatable bonds is 2. The number of benzene rings is 1. The minimum atomic E-state index is -1.53. The summed E-state index contributed by atoms with van der Waals surface area (Å²) < 4.78 is 6.34. The Labute approximate surface area is 112 Å². The summed E-state index contributed by atoms with van der Waals surface area (Å²) in [6.45, 7) is 10.1. The van der Waals surface area contributed by atoms with Gasteiger partial charge in [0, 0.05) is 18.9 Å². The maximum atomic E-state index is 9.52. The maximum absolute atomic E-state index is 9.52. The molecule has 3 nitrogen and oxygen atoms in total. The van der Waals surface area contributed by atoms with Gasteiger partial charge in [-0.15, -0.1) is 0 Å². The lowest BCUT2D eigenvalue weighted by atomic mass is 10.2. The van der Waals surface area contributed by atoms with Crippen LogP contribution >= 0.6 is 0 Å². The highest BCUT2D eigenvalue weighted by atomic mass is 28.4. The molecule has 1 aliphatic rings. The number of hydrogen-bond donors (Lipinski definition) is 1. The molecule has 1 fully saturated rings. The van der Waals surface area contributed by atoms with Gasteiger partial charge in [0.2, 0.25) is 0 Å². The average Bonchev–Trinajstić information content (AvgIpc) is 2.11. The Balaban J connectivity index is 2.09. The first kappa shape index (κ1) is 13.8. The van der Waals surface area contributed by atoms with E-state index < -0.39 is 16.6 Å². The van der Waals surface area contributed by atoms with E-state index in [2.05, 4.69) is 37.2 Å². The smallest absolute Gasteiger partial charge is 0.187 e. The van der Waals surface area contributed by atoms with E-state index in [0.29, 0.717) is 5.75 Å². The molecular weight excluding hydrogens is 258 g/mol. The molecule has 1 aromatic carbocycles. The summed E-state index contributed by atoms with van der Waals surface area (Å²) >= 11 is 0. The molecule has 1 aromatic rings. The van der Waals surface area contributed by atoms with Crippen LogP contribution in [0.1, 0.15) is 5.56 Å². The Morgan fingerprint density at radius 3 is 2.33 bits per heavy atom. The Morgan fingerprint density at radius 2 is 1.78 bits per heavy atom. The molecule has 5 heteroatoms. The van der Waals surface area contributed by atoms with Crippen LogP contribution in [-0.4, -0.2) is 39.0 Å². The highest BCUT2D eigenvalue weighted by molar-refractivity contribution is 6.86. The highest BCUT2D eigenvalue weighted by Gasteiger charge is 2.41. The number of phenols is 1. The zero-order valence-corrected chi connectivity index (χ0v) is 13.7. The first-order valence-corrected chi connectivity index (χ1v) is 12.7. The lowest BCUT2D eigenvalue weighted by Crippen LogP contribution is -2.62. The van der Waals surface area contributed by atoms with Crippen molar-refractivity contribution in [3.05, 3.63) is 29.8 Å². The van der Waals surface area contributed by atoms with Crippen LogP contribution in [0.4, 0.5) is 0 Å². The number of phenolic OH excluding ortho intramolecular Hbond substituents is 1. The summed E-state index contributed by atoms with van der Waals surface area (Å²) in [5, 5.41) is 9.52. The predicted octanol–water partition coefficient (Wildman–Crippen LogP) is 2.71. The van der Waals surface area contributed by atoms with Gasteiger partial charge < -0.3 is 9.22 Å². The molecule has 18 heavy (non-hydrogen) atoms. The summed E-state index contributed by atoms with van der Waals surface area (Å²) in [6.07, 6.45) is 2.16. The van der Waals surface area contributed by atoms with Crippen LogP contribution in [0.2, 0.25) is 26.2 Å². The second-order valence-corrected chi connectivity index (χ2v) is 14.9. The third kappa shape index (κ3) is 3.68. The van der Waals surface area contributed by atoms with Crippen LogP contribution in [0, 0.1) is 0 Å². The summed E-state index contributed by atoms with van der Waals surface area (Å²) in [4.78, 5) is 2.51. The predicted molar refractivity (Wildman–Crippen MR) is 79.4 cm³/mol. The Morgan fingerprint density at radius 1 is 1.17 bits per heavy atom. The van der Waals surface area contributed by atoms with E-state index in [4.69, 9.17) is 4.12 Å². The van der Waals surface area contributed by atoms with E-state index in [1.807, 2.05) is 12.1 Å². The van der Waals surface area contributed by atoms with Crippen molar-refractivity contribution in [1.29, 1.82) is 0 Å². The standard InChI is InChI=1S/C13H23NO2Si2/c1-17(2)10-14(11-18(3,4)16-17)9-12-6-5-7-13(15)8-12/h5-8,15H,9-11H2,1-4H3. The molecule has 0 atom stereocenters. The second kappa shape index (κ2) is 4.81. The molecule has 1 heterocycles. The van der Waals surface area contributed by atoms with Crippen molar-refractivity contribution < 1.29 is 9.22 Å². The molecule has 1 saturated heterocycles. The average molecular weight is 282 g/mol. The molecule has 0 amide bonds. The van der Waals surface area contributed by atoms with Gasteiger partial charge in [0.25, 0.3) is 0 Å². The summed E-state index contributed by atoms with van der Waals surface area (Å²) in [5.41, 5.74) is 1.19. The SMILES string of the molecule is C[Si]1(C)CN(Cc2cccc(O)c2)C[Si](C)(C)O1. The van der Waals surface area contributed by atoms with Crippen LogP contribution in [0.25, 0.3) is 0 Å². The van der Waals surface area contributed by atoms with Crippen LogP contribution < -0.4 is 0 Å². The second-order valence-electron chi connectivity index (χ2n) is 6.44. The van der Waals surface area contributed by atoms with Crippen LogP contribution in [0.15, 0.2) is 24.3 Å². The van der Waals surface area contributed by atoms with Crippen molar-refractivity contribution in [1.82, 2.24) is 4.90 Å². The normalized spacial score (nSPS) is 22.9. The van der Waals surface area contributed by atoms with E-state index in [1.165, 1.54) is 5.56 Å². The van der Waals surface area contributed by atoms with Crippen molar-refractivity contribution >= 4 is 16.6 Å². The summed E-state index contributed by atoms with van der Waals surface area (Å²) in [5.74, 6) is 0.355. The minimum Gasteiger partial charge on any atom is -0.508 e. The van der Waals surface area contributed by atoms with Gasteiger partial charge >= 0.3 is 0 Å². The molecule has 0 unspecified atom stereocenters. The molecule has 100 valence electrons. The number of nitrogens with zero attached hydrogens (tertiary/aromatic N) is 1. The molecular formula is C13H23NO2Si2. The molecule has 2 rings (SSSR count). The fraction of sp³-hybridized carbons (Fsp3) is 0.538. The molecule has 0 aliphatic carbocycles. The quantitative estimate of drug-likeness (QED) is 0.846. The fourth-order valence-corrected chi connectivity index (χ4v) is 12.3. The zero-order valence-electron chi connectivity index (χ0n) is 11.7. The van der Waals surface area contributed by atoms with Crippen molar-refractivity contribution in [2.75, 3.05) is 12.3 Å². The van der Waals surface area contributed by atoms with E-state index in [9.17, 15) is 5.11 Å². The minimum absolute atomic E-state index is 0.355. The lowest BCUT2D eigenvalue weighted by molar-refractivity contribution is 0.290. The van der Waals surface area contributed by atoms with Gasteiger partial charge in [-0.05, 0) is 43.9 Å². The fourth-order valence-electron chi connectivity index (χ4n) is 2.97. The van der Waals surface area contributed by atoms with E-state index >= 15 is 0 Å². The number of aromatic hydroxyl groups is 1. The first-order chi connectivity index (χ1) is 8.26. The third-order valence-electron chi connectivity index (χ3n) is 3.08. The highest BCUT2D eigenvalue weighted by Crippen LogP contribution is 2.24. The van der Waals surface area contributed by atoms with Gasteiger partial charge in [-0.25, -0.2) is 0 Å². The van der Waals surface area contributed by atoms with Crippen LogP contribution in [0.5, 0.6) is 5.75 Å². The van der Waals surface area contributed by atoms with E-state index in [1.54, 1.807) is 6.07 Å². The lowest BCUT2D eigenvalue weighted by Gasteiger charge is -2.45. The largest absolute Gasteiger partial charge is 0.508 e. The van der Waals surface area contributed by atoms with Crippen molar-refractivity contribution in [2.24, 2.45) is 0 Å². The van der Waals surface area contributed by atoms with Gasteiger partial charge in [0.1, 0.15) is 5.75 Å². The summed E-state index contributed by atoms with van der Waals surface area (Å²) in [7, 11) is -3.06. The van der Waals surface area contributed by atoms with Crippen molar-refractivity contribution in [3.8, 4) is 5.75 Å². The maximum Gasteiger partial charge on any atom is 0.187 e. The van der Waals surface area contributed by atoms with Gasteiger partial charge in [0.15, 0.2) is 16.6 Å². The van der Waals surface area contributed by atoms with Crippen LogP contribution in [0.3, 0.4) is 0 Å². The van der Waals surface area contributed by atoms with Gasteiger partial charge in [-0.3, -0.25) is 4.90 Å². The van der Waals surface area contributed by atoms with Crippen LogP contribution in [-0.2, 0) is 10.7 Å². The molecule has 0 bridgehead atoms.